The molecule has 1 fully saturated rings. The summed E-state index contributed by atoms with van der Waals surface area (Å²) in [6.45, 7) is 0.475. The third-order valence-corrected chi connectivity index (χ3v) is 10.6. The highest BCUT2D eigenvalue weighted by Crippen LogP contribution is 2.31. The molecule has 1 saturated heterocycles. The first kappa shape index (κ1) is 29.7. The van der Waals surface area contributed by atoms with E-state index in [0.717, 1.165) is 4.90 Å². The summed E-state index contributed by atoms with van der Waals surface area (Å²) in [7, 11) is -4.66. The van der Waals surface area contributed by atoms with E-state index in [-0.39, 0.29) is 40.4 Å². The number of piperidine rings is 1. The van der Waals surface area contributed by atoms with Crippen LogP contribution in [0.15, 0.2) is 81.4 Å². The Kier molecular flexibility index (Phi) is 9.29. The van der Waals surface area contributed by atoms with Crippen molar-refractivity contribution < 1.29 is 31.1 Å². The monoisotopic (exact) mass is 605 g/mol. The second-order valence-corrected chi connectivity index (χ2v) is 13.5. The van der Waals surface area contributed by atoms with Gasteiger partial charge in [0.1, 0.15) is 11.5 Å². The van der Waals surface area contributed by atoms with E-state index in [1.165, 1.54) is 60.6 Å². The van der Waals surface area contributed by atoms with Crippen molar-refractivity contribution >= 4 is 49.1 Å². The summed E-state index contributed by atoms with van der Waals surface area (Å²) in [4.78, 5) is 14.1. The number of nitrogens with one attached hydrogen (secondary N) is 2. The number of carbonyl (C=O) groups excluding carboxylic acids is 1. The molecule has 10 nitrogen and oxygen atoms in total. The van der Waals surface area contributed by atoms with Crippen molar-refractivity contribution in [3.05, 3.63) is 66.7 Å². The number of ether oxygens (including phenoxy) is 2. The van der Waals surface area contributed by atoms with E-state index in [1.807, 2.05) is 6.26 Å². The fourth-order valence-corrected chi connectivity index (χ4v) is 7.25. The van der Waals surface area contributed by atoms with Crippen LogP contribution in [0.5, 0.6) is 11.5 Å². The molecule has 1 heterocycles. The largest absolute Gasteiger partial charge is 0.497 e. The number of hydrogen-bond acceptors (Lipinski definition) is 8. The Morgan fingerprint density at radius 1 is 0.875 bits per heavy atom. The topological polar surface area (TPSA) is 131 Å². The van der Waals surface area contributed by atoms with Crippen molar-refractivity contribution in [2.75, 3.05) is 43.6 Å². The molecule has 0 aromatic heterocycles. The number of rotatable bonds is 10. The first-order chi connectivity index (χ1) is 19.1. The molecule has 4 rings (SSSR count). The Bertz CT molecular complexity index is 1550. The molecule has 0 saturated carbocycles. The maximum atomic E-state index is 13.0. The average molecular weight is 606 g/mol. The highest BCUT2D eigenvalue weighted by molar-refractivity contribution is 7.98. The SMILES string of the molecule is COc1ccc(OC)c(NS(=O)(=O)c2ccc(NC(=O)C3CCN(S(=O)(=O)c4ccc(SC)cc4)CC3)cc2)c1. The minimum atomic E-state index is -3.95. The lowest BCUT2D eigenvalue weighted by Gasteiger charge is -2.30. The van der Waals surface area contributed by atoms with Crippen molar-refractivity contribution in [1.29, 1.82) is 0 Å². The van der Waals surface area contributed by atoms with Gasteiger partial charge in [0.25, 0.3) is 10.0 Å². The molecule has 0 spiro atoms. The number of amides is 1. The number of anilines is 2. The van der Waals surface area contributed by atoms with Gasteiger partial charge in [0, 0.05) is 35.7 Å². The van der Waals surface area contributed by atoms with Gasteiger partial charge in [-0.1, -0.05) is 0 Å². The zero-order chi connectivity index (χ0) is 28.9. The number of methoxy groups -OCH3 is 2. The van der Waals surface area contributed by atoms with Gasteiger partial charge >= 0.3 is 0 Å². The van der Waals surface area contributed by atoms with Crippen LogP contribution < -0.4 is 19.5 Å². The average Bonchev–Trinajstić information content (AvgIpc) is 2.97. The Labute approximate surface area is 239 Å². The van der Waals surface area contributed by atoms with E-state index in [0.29, 0.717) is 30.0 Å². The third-order valence-electron chi connectivity index (χ3n) is 6.61. The maximum absolute atomic E-state index is 13.0. The summed E-state index contributed by atoms with van der Waals surface area (Å²) < 4.78 is 66.2. The fraction of sp³-hybridized carbons (Fsp3) is 0.296. The molecular formula is C27H31N3O7S3. The van der Waals surface area contributed by atoms with Crippen molar-refractivity contribution in [1.82, 2.24) is 4.31 Å². The van der Waals surface area contributed by atoms with Gasteiger partial charge in [-0.2, -0.15) is 4.31 Å². The van der Waals surface area contributed by atoms with Crippen LogP contribution in [0, 0.1) is 5.92 Å². The van der Waals surface area contributed by atoms with Crippen molar-refractivity contribution in [3.8, 4) is 11.5 Å². The van der Waals surface area contributed by atoms with Gasteiger partial charge in [0.05, 0.1) is 29.7 Å². The van der Waals surface area contributed by atoms with E-state index in [9.17, 15) is 21.6 Å². The van der Waals surface area contributed by atoms with Gasteiger partial charge in [-0.15, -0.1) is 11.8 Å². The molecule has 0 radical (unpaired) electrons. The highest BCUT2D eigenvalue weighted by atomic mass is 32.2. The van der Waals surface area contributed by atoms with Gasteiger partial charge in [0.2, 0.25) is 15.9 Å². The lowest BCUT2D eigenvalue weighted by Crippen LogP contribution is -2.41. The summed E-state index contributed by atoms with van der Waals surface area (Å²) in [5, 5.41) is 2.81. The van der Waals surface area contributed by atoms with E-state index >= 15 is 0 Å². The predicted molar refractivity (Wildman–Crippen MR) is 155 cm³/mol. The van der Waals surface area contributed by atoms with Crippen LogP contribution in [0.1, 0.15) is 12.8 Å². The van der Waals surface area contributed by atoms with Crippen LogP contribution in [0.3, 0.4) is 0 Å². The summed E-state index contributed by atoms with van der Waals surface area (Å²) in [5.41, 5.74) is 0.663. The molecule has 13 heteroatoms. The Hall–Kier alpha value is -3.26. The maximum Gasteiger partial charge on any atom is 0.262 e. The van der Waals surface area contributed by atoms with Gasteiger partial charge < -0.3 is 14.8 Å². The first-order valence-corrected chi connectivity index (χ1v) is 16.5. The molecule has 1 aliphatic heterocycles. The second kappa shape index (κ2) is 12.5. The minimum Gasteiger partial charge on any atom is -0.497 e. The molecule has 214 valence electrons. The van der Waals surface area contributed by atoms with Gasteiger partial charge in [-0.3, -0.25) is 9.52 Å². The number of nitrogens with zero attached hydrogens (tertiary/aromatic N) is 1. The van der Waals surface area contributed by atoms with Gasteiger partial charge in [0.15, 0.2) is 0 Å². The lowest BCUT2D eigenvalue weighted by atomic mass is 9.97. The van der Waals surface area contributed by atoms with E-state index < -0.39 is 20.0 Å². The van der Waals surface area contributed by atoms with Crippen molar-refractivity contribution in [2.24, 2.45) is 5.92 Å². The van der Waals surface area contributed by atoms with Crippen LogP contribution in [0.25, 0.3) is 0 Å². The Morgan fingerprint density at radius 3 is 2.08 bits per heavy atom. The number of thioether (sulfide) groups is 1. The van der Waals surface area contributed by atoms with Crippen LogP contribution in [0.2, 0.25) is 0 Å². The molecule has 3 aromatic rings. The fourth-order valence-electron chi connectivity index (χ4n) is 4.31. The molecule has 2 N–H and O–H groups in total. The summed E-state index contributed by atoms with van der Waals surface area (Å²) >= 11 is 1.54. The lowest BCUT2D eigenvalue weighted by molar-refractivity contribution is -0.120. The standard InChI is InChI=1S/C27H31N3O7S3/c1-36-21-6-13-26(37-2)25(18-21)29-39(32,33)23-9-4-20(5-10-23)28-27(31)19-14-16-30(17-15-19)40(34,35)24-11-7-22(38-3)8-12-24/h4-13,18-19,29H,14-17H2,1-3H3,(H,28,31). The van der Waals surface area contributed by atoms with Gasteiger partial charge in [-0.25, -0.2) is 16.8 Å². The minimum absolute atomic E-state index is 0.000509. The zero-order valence-corrected chi connectivity index (χ0v) is 24.7. The van der Waals surface area contributed by atoms with Crippen LogP contribution in [-0.2, 0) is 24.8 Å². The number of carbonyl (C=O) groups is 1. The molecule has 1 aliphatic rings. The number of sulfonamides is 2. The van der Waals surface area contributed by atoms with E-state index in [2.05, 4.69) is 10.0 Å². The Balaban J connectivity index is 1.36. The predicted octanol–water partition coefficient (Wildman–Crippen LogP) is 4.27. The van der Waals surface area contributed by atoms with Crippen LogP contribution >= 0.6 is 11.8 Å². The molecular weight excluding hydrogens is 575 g/mol. The summed E-state index contributed by atoms with van der Waals surface area (Å²) in [6, 6.07) is 17.3. The third kappa shape index (κ3) is 6.72. The van der Waals surface area contributed by atoms with E-state index in [1.54, 1.807) is 36.4 Å². The highest BCUT2D eigenvalue weighted by Gasteiger charge is 2.32. The first-order valence-electron chi connectivity index (χ1n) is 12.4. The molecule has 3 aromatic carbocycles. The number of hydrogen-bond donors (Lipinski definition) is 2. The van der Waals surface area contributed by atoms with E-state index in [4.69, 9.17) is 9.47 Å². The smallest absolute Gasteiger partial charge is 0.262 e. The normalized spacial score (nSPS) is 14.9. The Morgan fingerprint density at radius 2 is 1.50 bits per heavy atom. The molecule has 0 aliphatic carbocycles. The van der Waals surface area contributed by atoms with Gasteiger partial charge in [-0.05, 0) is 79.8 Å². The molecule has 0 bridgehead atoms. The summed E-state index contributed by atoms with van der Waals surface area (Å²) in [6.07, 6.45) is 2.69. The quantitative estimate of drug-likeness (QED) is 0.328. The molecule has 0 atom stereocenters. The van der Waals surface area contributed by atoms with Crippen molar-refractivity contribution in [2.45, 2.75) is 27.5 Å². The summed E-state index contributed by atoms with van der Waals surface area (Å²) in [5.74, 6) is 0.192. The second-order valence-electron chi connectivity index (χ2n) is 9.04. The van der Waals surface area contributed by atoms with Crippen LogP contribution in [-0.4, -0.2) is 60.6 Å². The van der Waals surface area contributed by atoms with Crippen molar-refractivity contribution in [3.63, 3.8) is 0 Å². The zero-order valence-electron chi connectivity index (χ0n) is 22.3. The molecule has 1 amide bonds. The number of benzene rings is 3. The molecule has 40 heavy (non-hydrogen) atoms. The molecule has 0 unspecified atom stereocenters. The van der Waals surface area contributed by atoms with Crippen LogP contribution in [0.4, 0.5) is 11.4 Å².